The van der Waals surface area contributed by atoms with Crippen molar-refractivity contribution in [2.24, 2.45) is 5.41 Å². The summed E-state index contributed by atoms with van der Waals surface area (Å²) in [4.78, 5) is 26.5. The predicted octanol–water partition coefficient (Wildman–Crippen LogP) is 7.33. The number of carbonyl (C=O) groups is 2. The third-order valence-electron chi connectivity index (χ3n) is 7.37. The molecule has 0 saturated carbocycles. The molecule has 0 amide bonds. The van der Waals surface area contributed by atoms with Crippen LogP contribution in [-0.4, -0.2) is 49.6 Å². The molecule has 1 N–H and O–H groups in total. The number of esters is 2. The third kappa shape index (κ3) is 9.05. The van der Waals surface area contributed by atoms with E-state index in [2.05, 4.69) is 27.4 Å². The van der Waals surface area contributed by atoms with Crippen molar-refractivity contribution < 1.29 is 24.2 Å². The molecule has 0 aromatic heterocycles. The molecule has 0 saturated heterocycles. The van der Waals surface area contributed by atoms with Gasteiger partial charge >= 0.3 is 224 Å². The summed E-state index contributed by atoms with van der Waals surface area (Å²) in [6, 6.07) is 9.28. The van der Waals surface area contributed by atoms with E-state index in [0.717, 1.165) is 47.7 Å². The number of hydrogen-bond acceptors (Lipinski definition) is 5. The van der Waals surface area contributed by atoms with Crippen LogP contribution in [0.4, 0.5) is 0 Å². The van der Waals surface area contributed by atoms with Gasteiger partial charge in [0.15, 0.2) is 0 Å². The number of ether oxygens (including phenoxy) is 2. The zero-order chi connectivity index (χ0) is 27.0. The van der Waals surface area contributed by atoms with Gasteiger partial charge in [0.2, 0.25) is 0 Å². The maximum atomic E-state index is 13.2. The van der Waals surface area contributed by atoms with Gasteiger partial charge in [-0.2, -0.15) is 0 Å². The second kappa shape index (κ2) is 17.0. The van der Waals surface area contributed by atoms with E-state index < -0.39 is 41.8 Å². The van der Waals surface area contributed by atoms with Gasteiger partial charge in [0.05, 0.1) is 0 Å². The molecule has 0 spiro atoms. The van der Waals surface area contributed by atoms with Gasteiger partial charge in [-0.1, -0.05) is 0 Å². The van der Waals surface area contributed by atoms with Crippen LogP contribution in [0.15, 0.2) is 52.7 Å². The van der Waals surface area contributed by atoms with E-state index in [9.17, 15) is 14.7 Å². The van der Waals surface area contributed by atoms with Gasteiger partial charge in [0.1, 0.15) is 0 Å². The number of methoxy groups -OCH3 is 2. The second-order valence-corrected chi connectivity index (χ2v) is 23.5. The first-order chi connectivity index (χ1) is 17.3. The maximum absolute atomic E-state index is 13.2. The van der Waals surface area contributed by atoms with Crippen LogP contribution < -0.4 is 0 Å². The molecule has 0 bridgehead atoms. The van der Waals surface area contributed by atoms with Gasteiger partial charge in [0, 0.05) is 0 Å². The summed E-state index contributed by atoms with van der Waals surface area (Å²) in [6.45, 7) is 11.3. The normalized spacial score (nSPS) is 12.9. The Morgan fingerprint density at radius 1 is 0.944 bits per heavy atom. The molecule has 202 valence electrons. The zero-order valence-corrected chi connectivity index (χ0v) is 26.0. The minimum atomic E-state index is -2.93. The fraction of sp³-hybridized carbons (Fsp3) is 0.600. The average Bonchev–Trinajstić information content (AvgIpc) is 2.91. The summed E-state index contributed by atoms with van der Waals surface area (Å²) in [6.07, 6.45) is 9.72. The van der Waals surface area contributed by atoms with Gasteiger partial charge < -0.3 is 0 Å². The van der Waals surface area contributed by atoms with E-state index >= 15 is 0 Å². The predicted molar refractivity (Wildman–Crippen MR) is 150 cm³/mol. The van der Waals surface area contributed by atoms with Crippen molar-refractivity contribution in [3.63, 3.8) is 0 Å². The van der Waals surface area contributed by atoms with Crippen molar-refractivity contribution in [2.45, 2.75) is 91.6 Å². The van der Waals surface area contributed by atoms with Crippen LogP contribution in [0.3, 0.4) is 0 Å². The molecule has 0 aliphatic rings. The molecule has 1 unspecified atom stereocenters. The Morgan fingerprint density at radius 2 is 1.42 bits per heavy atom. The molecule has 1 rings (SSSR count). The van der Waals surface area contributed by atoms with Crippen LogP contribution in [0.5, 0.6) is 0 Å². The number of hydrogen-bond donors (Lipinski definition) is 1. The number of aliphatic hydroxyl groups is 1. The van der Waals surface area contributed by atoms with E-state index in [0.29, 0.717) is 0 Å². The number of rotatable bonds is 18. The first-order valence-electron chi connectivity index (χ1n) is 13.5. The van der Waals surface area contributed by atoms with E-state index in [1.54, 1.807) is 12.2 Å². The number of allylic oxidation sites excluding steroid dienone is 2. The molecule has 36 heavy (non-hydrogen) atoms. The van der Waals surface area contributed by atoms with Crippen LogP contribution >= 0.6 is 0 Å². The van der Waals surface area contributed by atoms with Crippen molar-refractivity contribution in [1.29, 1.82) is 0 Å². The first-order valence-corrected chi connectivity index (χ1v) is 21.0. The number of benzene rings is 1. The molecular weight excluding hydrogens is 559 g/mol. The van der Waals surface area contributed by atoms with Crippen molar-refractivity contribution in [3.05, 3.63) is 58.2 Å². The second-order valence-electron chi connectivity index (χ2n) is 9.92. The molecular formula is C30H48O5Sn. The van der Waals surface area contributed by atoms with Crippen molar-refractivity contribution in [3.8, 4) is 0 Å². The third-order valence-corrected chi connectivity index (χ3v) is 23.4. The van der Waals surface area contributed by atoms with Crippen LogP contribution in [0.1, 0.15) is 83.8 Å². The molecule has 1 aromatic carbocycles. The molecule has 0 aliphatic heterocycles. The summed E-state index contributed by atoms with van der Waals surface area (Å²) in [5, 5.41) is 10.6. The van der Waals surface area contributed by atoms with Crippen molar-refractivity contribution in [1.82, 2.24) is 0 Å². The molecule has 1 aromatic rings. The Bertz CT molecular complexity index is 795. The van der Waals surface area contributed by atoms with Crippen LogP contribution in [-0.2, 0) is 19.1 Å². The molecule has 1 atom stereocenters. The van der Waals surface area contributed by atoms with Crippen LogP contribution in [0.25, 0.3) is 0 Å². The monoisotopic (exact) mass is 608 g/mol. The van der Waals surface area contributed by atoms with Gasteiger partial charge in [-0.05, 0) is 0 Å². The Morgan fingerprint density at radius 3 is 1.83 bits per heavy atom. The average molecular weight is 607 g/mol. The molecule has 5 nitrogen and oxygen atoms in total. The Labute approximate surface area is 223 Å². The van der Waals surface area contributed by atoms with Crippen molar-refractivity contribution >= 4 is 30.3 Å². The number of aliphatic hydroxyl groups excluding tert-OH is 1. The number of carbonyl (C=O) groups excluding carboxylic acids is 2. The Balaban J connectivity index is 3.40. The SMILES string of the molecule is C=[C](CC(C/C=C/C(O)c1ccccc1)(C(=O)OC)C(=O)OC)[Sn]([CH2]CCC)([CH2]CCC)[CH2]CCC. The van der Waals surface area contributed by atoms with Gasteiger partial charge in [0.25, 0.3) is 0 Å². The summed E-state index contributed by atoms with van der Waals surface area (Å²) < 4.78 is 15.1. The topological polar surface area (TPSA) is 72.8 Å². The van der Waals surface area contributed by atoms with E-state index in [-0.39, 0.29) is 12.8 Å². The fourth-order valence-corrected chi connectivity index (χ4v) is 20.9. The van der Waals surface area contributed by atoms with E-state index in [1.807, 2.05) is 30.3 Å². The standard InChI is InChI=1S/C18H21O5.3C4H9.Sn/c1-4-12-18(16(20)22-2,17(21)23-3)13-8-11-15(19)14-9-6-5-7-10-14;3*1-3-4-2;/h5-11,15,19H,1,12-13H2,2-3H3;3*1,3-4H2,2H3;/b11-8+;;;;. The van der Waals surface area contributed by atoms with Gasteiger partial charge in [-0.15, -0.1) is 0 Å². The quantitative estimate of drug-likeness (QED) is 0.0819. The Hall–Kier alpha value is -1.60. The Kier molecular flexibility index (Phi) is 15.3. The molecule has 0 aliphatic carbocycles. The first kappa shape index (κ1) is 32.4. The van der Waals surface area contributed by atoms with E-state index in [4.69, 9.17) is 9.47 Å². The van der Waals surface area contributed by atoms with Gasteiger partial charge in [-0.25, -0.2) is 0 Å². The van der Waals surface area contributed by atoms with E-state index in [1.165, 1.54) is 27.5 Å². The minimum absolute atomic E-state index is 0.0898. The molecule has 6 heteroatoms. The number of unbranched alkanes of at least 4 members (excludes halogenated alkanes) is 3. The summed E-state index contributed by atoms with van der Waals surface area (Å²) >= 11 is -2.93. The molecule has 0 radical (unpaired) electrons. The molecule has 0 fully saturated rings. The summed E-state index contributed by atoms with van der Waals surface area (Å²) in [5.41, 5.74) is -0.755. The van der Waals surface area contributed by atoms with Crippen molar-refractivity contribution in [2.75, 3.05) is 14.2 Å². The zero-order valence-electron chi connectivity index (χ0n) is 23.2. The summed E-state index contributed by atoms with van der Waals surface area (Å²) in [7, 11) is 2.63. The summed E-state index contributed by atoms with van der Waals surface area (Å²) in [5.74, 6) is -1.20. The van der Waals surface area contributed by atoms with Crippen LogP contribution in [0, 0.1) is 5.41 Å². The fourth-order valence-electron chi connectivity index (χ4n) is 5.02. The van der Waals surface area contributed by atoms with Gasteiger partial charge in [-0.3, -0.25) is 0 Å². The van der Waals surface area contributed by atoms with Crippen LogP contribution in [0.2, 0.25) is 13.3 Å². The molecule has 0 heterocycles.